The maximum absolute atomic E-state index is 12.6. The van der Waals surface area contributed by atoms with Gasteiger partial charge in [0, 0.05) is 26.1 Å². The Morgan fingerprint density at radius 3 is 2.50 bits per heavy atom. The largest absolute Gasteiger partial charge is 0.508 e. The summed E-state index contributed by atoms with van der Waals surface area (Å²) in [5, 5.41) is 12.0. The van der Waals surface area contributed by atoms with Crippen molar-refractivity contribution in [1.82, 2.24) is 14.5 Å². The van der Waals surface area contributed by atoms with E-state index in [4.69, 9.17) is 0 Å². The summed E-state index contributed by atoms with van der Waals surface area (Å²) in [5.74, 6) is -0.415. The van der Waals surface area contributed by atoms with Gasteiger partial charge in [-0.1, -0.05) is 12.1 Å². The highest BCUT2D eigenvalue weighted by Gasteiger charge is 2.44. The van der Waals surface area contributed by atoms with Crippen LogP contribution in [-0.4, -0.2) is 72.5 Å². The van der Waals surface area contributed by atoms with Gasteiger partial charge in [-0.25, -0.2) is 8.42 Å². The molecule has 0 radical (unpaired) electrons. The highest BCUT2D eigenvalue weighted by molar-refractivity contribution is 7.88. The van der Waals surface area contributed by atoms with Gasteiger partial charge in [0.15, 0.2) is 0 Å². The average Bonchev–Trinajstić information content (AvgIpc) is 2.53. The van der Waals surface area contributed by atoms with Crippen molar-refractivity contribution in [3.05, 3.63) is 29.8 Å². The zero-order valence-corrected chi connectivity index (χ0v) is 14.0. The molecule has 0 aromatic heterocycles. The molecule has 2 saturated heterocycles. The van der Waals surface area contributed by atoms with Crippen LogP contribution in [0.5, 0.6) is 5.75 Å². The molecule has 2 atom stereocenters. The summed E-state index contributed by atoms with van der Waals surface area (Å²) in [6.45, 7) is 0.388. The average molecular weight is 353 g/mol. The molecule has 24 heavy (non-hydrogen) atoms. The molecule has 0 bridgehead atoms. The van der Waals surface area contributed by atoms with Crippen molar-refractivity contribution in [3.8, 4) is 5.75 Å². The molecule has 2 aliphatic heterocycles. The van der Waals surface area contributed by atoms with Crippen LogP contribution in [0, 0.1) is 0 Å². The van der Waals surface area contributed by atoms with Gasteiger partial charge in [-0.05, 0) is 17.7 Å². The van der Waals surface area contributed by atoms with E-state index in [0.717, 1.165) is 11.8 Å². The van der Waals surface area contributed by atoms with Crippen molar-refractivity contribution in [2.24, 2.45) is 0 Å². The number of carbonyl (C=O) groups excluding carboxylic acids is 2. The Balaban J connectivity index is 1.74. The van der Waals surface area contributed by atoms with E-state index >= 15 is 0 Å². The highest BCUT2D eigenvalue weighted by atomic mass is 32.2. The Labute approximate surface area is 140 Å². The van der Waals surface area contributed by atoms with E-state index in [0.29, 0.717) is 6.42 Å². The van der Waals surface area contributed by atoms with Gasteiger partial charge in [-0.3, -0.25) is 9.59 Å². The predicted octanol–water partition coefficient (Wildman–Crippen LogP) is -1.09. The predicted molar refractivity (Wildman–Crippen MR) is 85.7 cm³/mol. The molecule has 0 spiro atoms. The monoisotopic (exact) mass is 353 g/mol. The van der Waals surface area contributed by atoms with Crippen LogP contribution in [0.15, 0.2) is 24.3 Å². The van der Waals surface area contributed by atoms with E-state index in [1.807, 2.05) is 0 Å². The number of hydrogen-bond donors (Lipinski definition) is 2. The number of hydrogen-bond acceptors (Lipinski definition) is 5. The van der Waals surface area contributed by atoms with Crippen molar-refractivity contribution in [1.29, 1.82) is 0 Å². The van der Waals surface area contributed by atoms with E-state index in [-0.39, 0.29) is 37.2 Å². The first kappa shape index (κ1) is 16.7. The van der Waals surface area contributed by atoms with E-state index in [1.54, 1.807) is 12.1 Å². The molecule has 8 nitrogen and oxygen atoms in total. The number of rotatable bonds is 3. The molecule has 130 valence electrons. The van der Waals surface area contributed by atoms with Crippen molar-refractivity contribution >= 4 is 21.8 Å². The lowest BCUT2D eigenvalue weighted by Gasteiger charge is -2.44. The first-order valence-electron chi connectivity index (χ1n) is 7.59. The number of benzene rings is 1. The number of phenolic OH excluding ortho intramolecular Hbond substituents is 1. The number of phenols is 1. The maximum atomic E-state index is 12.6. The lowest BCUT2D eigenvalue weighted by atomic mass is 9.99. The number of piperazine rings is 2. The van der Waals surface area contributed by atoms with Crippen molar-refractivity contribution < 1.29 is 23.1 Å². The first-order chi connectivity index (χ1) is 11.3. The minimum absolute atomic E-state index is 0.0116. The molecule has 1 aromatic carbocycles. The van der Waals surface area contributed by atoms with Crippen molar-refractivity contribution in [3.63, 3.8) is 0 Å². The zero-order chi connectivity index (χ0) is 17.5. The Morgan fingerprint density at radius 1 is 1.21 bits per heavy atom. The third kappa shape index (κ3) is 3.22. The highest BCUT2D eigenvalue weighted by Crippen LogP contribution is 2.20. The van der Waals surface area contributed by atoms with E-state index in [9.17, 15) is 23.1 Å². The Kier molecular flexibility index (Phi) is 4.22. The van der Waals surface area contributed by atoms with Gasteiger partial charge in [0.1, 0.15) is 17.8 Å². The van der Waals surface area contributed by atoms with Gasteiger partial charge in [0.25, 0.3) is 0 Å². The molecule has 2 heterocycles. The summed E-state index contributed by atoms with van der Waals surface area (Å²) in [7, 11) is -3.39. The molecule has 2 aliphatic rings. The summed E-state index contributed by atoms with van der Waals surface area (Å²) in [6, 6.07) is 4.99. The number of amides is 2. The molecule has 9 heteroatoms. The van der Waals surface area contributed by atoms with Crippen LogP contribution >= 0.6 is 0 Å². The topological polar surface area (TPSA) is 107 Å². The molecule has 2 N–H and O–H groups in total. The molecule has 0 unspecified atom stereocenters. The fraction of sp³-hybridized carbons (Fsp3) is 0.467. The minimum Gasteiger partial charge on any atom is -0.508 e. The fourth-order valence-corrected chi connectivity index (χ4v) is 3.91. The quantitative estimate of drug-likeness (QED) is 0.718. The number of nitrogens with zero attached hydrogens (tertiary/aromatic N) is 2. The van der Waals surface area contributed by atoms with Gasteiger partial charge in [-0.2, -0.15) is 4.31 Å². The lowest BCUT2D eigenvalue weighted by molar-refractivity contribution is -0.151. The van der Waals surface area contributed by atoms with E-state index in [2.05, 4.69) is 5.32 Å². The van der Waals surface area contributed by atoms with Gasteiger partial charge in [0.05, 0.1) is 6.26 Å². The van der Waals surface area contributed by atoms with Crippen LogP contribution in [0.1, 0.15) is 5.56 Å². The Bertz CT molecular complexity index is 762. The van der Waals surface area contributed by atoms with Crippen LogP contribution in [0.25, 0.3) is 0 Å². The number of aromatic hydroxyl groups is 1. The summed E-state index contributed by atoms with van der Waals surface area (Å²) < 4.78 is 24.5. The van der Waals surface area contributed by atoms with Crippen LogP contribution in [0.2, 0.25) is 0 Å². The van der Waals surface area contributed by atoms with E-state index < -0.39 is 22.1 Å². The SMILES string of the molecule is CS(=O)(=O)N1CCN2C(=O)[C@H](Cc3ccc(O)cc3)NC(=O)[C@@H]2C1. The molecule has 0 saturated carbocycles. The summed E-state index contributed by atoms with van der Waals surface area (Å²) in [6.07, 6.45) is 1.42. The molecule has 1 aromatic rings. The van der Waals surface area contributed by atoms with Crippen molar-refractivity contribution in [2.45, 2.75) is 18.5 Å². The second-order valence-corrected chi connectivity index (χ2v) is 8.08. The second kappa shape index (κ2) is 6.06. The molecule has 2 fully saturated rings. The van der Waals surface area contributed by atoms with E-state index in [1.165, 1.54) is 21.3 Å². The number of fused-ring (bicyclic) bond motifs is 1. The third-order valence-electron chi connectivity index (χ3n) is 4.39. The lowest BCUT2D eigenvalue weighted by Crippen LogP contribution is -2.69. The normalized spacial score (nSPS) is 25.3. The second-order valence-electron chi connectivity index (χ2n) is 6.10. The van der Waals surface area contributed by atoms with Crippen LogP contribution in [0.4, 0.5) is 0 Å². The van der Waals surface area contributed by atoms with Gasteiger partial charge in [0.2, 0.25) is 21.8 Å². The maximum Gasteiger partial charge on any atom is 0.246 e. The van der Waals surface area contributed by atoms with Crippen LogP contribution < -0.4 is 5.32 Å². The van der Waals surface area contributed by atoms with Gasteiger partial charge >= 0.3 is 0 Å². The summed E-state index contributed by atoms with van der Waals surface area (Å²) >= 11 is 0. The molecular weight excluding hydrogens is 334 g/mol. The standard InChI is InChI=1S/C15H19N3O5S/c1-24(22,23)17-6-7-18-13(9-17)14(20)16-12(15(18)21)8-10-2-4-11(19)5-3-10/h2-5,12-13,19H,6-9H2,1H3,(H,16,20)/t12-,13-/m0/s1. The number of sulfonamides is 1. The third-order valence-corrected chi connectivity index (χ3v) is 5.66. The first-order valence-corrected chi connectivity index (χ1v) is 9.44. The smallest absolute Gasteiger partial charge is 0.246 e. The molecule has 0 aliphatic carbocycles. The van der Waals surface area contributed by atoms with Crippen molar-refractivity contribution in [2.75, 3.05) is 25.9 Å². The molecule has 3 rings (SSSR count). The minimum atomic E-state index is -3.39. The Morgan fingerprint density at radius 2 is 1.88 bits per heavy atom. The zero-order valence-electron chi connectivity index (χ0n) is 13.2. The molecule has 2 amide bonds. The Hall–Kier alpha value is -2.13. The molecular formula is C15H19N3O5S. The summed E-state index contributed by atoms with van der Waals surface area (Å²) in [4.78, 5) is 26.4. The fourth-order valence-electron chi connectivity index (χ4n) is 3.08. The number of carbonyl (C=O) groups is 2. The number of nitrogens with one attached hydrogen (secondary N) is 1. The van der Waals surface area contributed by atoms with Crippen LogP contribution in [0.3, 0.4) is 0 Å². The van der Waals surface area contributed by atoms with Crippen LogP contribution in [-0.2, 0) is 26.0 Å². The summed E-state index contributed by atoms with van der Waals surface area (Å²) in [5.41, 5.74) is 0.819. The van der Waals surface area contributed by atoms with Gasteiger partial charge < -0.3 is 15.3 Å². The van der Waals surface area contributed by atoms with Gasteiger partial charge in [-0.15, -0.1) is 0 Å².